The largest absolute Gasteiger partial charge is 0.457 e. The van der Waals surface area contributed by atoms with E-state index in [0.717, 1.165) is 0 Å². The zero-order valence-electron chi connectivity index (χ0n) is 17.9. The van der Waals surface area contributed by atoms with Crippen LogP contribution >= 0.6 is 0 Å². The van der Waals surface area contributed by atoms with Gasteiger partial charge in [0.25, 0.3) is 15.9 Å². The van der Waals surface area contributed by atoms with Gasteiger partial charge in [-0.2, -0.15) is 0 Å². The van der Waals surface area contributed by atoms with Crippen LogP contribution in [0, 0.1) is 13.8 Å². The van der Waals surface area contributed by atoms with Crippen LogP contribution in [0.25, 0.3) is 0 Å². The quantitative estimate of drug-likeness (QED) is 0.393. The Kier molecular flexibility index (Phi) is 6.14. The van der Waals surface area contributed by atoms with Crippen molar-refractivity contribution in [3.05, 3.63) is 95.7 Å². The van der Waals surface area contributed by atoms with E-state index in [1.807, 2.05) is 18.2 Å². The number of carbonyl (C=O) groups excluding carboxylic acids is 1. The molecule has 0 spiro atoms. The average Bonchev–Trinajstić information content (AvgIpc) is 3.12. The normalized spacial score (nSPS) is 11.1. The fourth-order valence-corrected chi connectivity index (χ4v) is 4.01. The van der Waals surface area contributed by atoms with E-state index < -0.39 is 10.0 Å². The van der Waals surface area contributed by atoms with Crippen molar-refractivity contribution in [1.82, 2.24) is 5.16 Å². The molecule has 0 fully saturated rings. The zero-order chi connectivity index (χ0) is 23.4. The predicted octanol–water partition coefficient (Wildman–Crippen LogP) is 5.14. The summed E-state index contributed by atoms with van der Waals surface area (Å²) < 4.78 is 38.5. The number of anilines is 2. The molecule has 9 heteroatoms. The Hall–Kier alpha value is -4.11. The molecule has 0 saturated heterocycles. The molecule has 0 atom stereocenters. The van der Waals surface area contributed by atoms with Gasteiger partial charge >= 0.3 is 0 Å². The number of rotatable bonds is 7. The van der Waals surface area contributed by atoms with Crippen molar-refractivity contribution in [2.24, 2.45) is 0 Å². The van der Waals surface area contributed by atoms with Crippen LogP contribution in [0.3, 0.4) is 0 Å². The van der Waals surface area contributed by atoms with Gasteiger partial charge < -0.3 is 14.6 Å². The summed E-state index contributed by atoms with van der Waals surface area (Å²) in [6, 6.07) is 21.8. The van der Waals surface area contributed by atoms with Crippen LogP contribution in [-0.2, 0) is 10.0 Å². The van der Waals surface area contributed by atoms with Crippen molar-refractivity contribution >= 4 is 27.5 Å². The molecule has 0 aliphatic heterocycles. The second-order valence-electron chi connectivity index (χ2n) is 7.22. The van der Waals surface area contributed by atoms with Gasteiger partial charge in [-0.1, -0.05) is 35.5 Å². The standard InChI is InChI=1S/C24H21N3O5S/c1-16-17(2)26-32-24(16)27-33(29,30)20-14-12-18(13-15-20)25-23(28)21-10-6-7-11-22(21)31-19-8-4-3-5-9-19/h3-15,27H,1-2H3,(H,25,28). The highest BCUT2D eigenvalue weighted by molar-refractivity contribution is 7.92. The third-order valence-corrected chi connectivity index (χ3v) is 6.26. The second kappa shape index (κ2) is 9.17. The van der Waals surface area contributed by atoms with Gasteiger partial charge in [0.05, 0.1) is 16.2 Å². The number of benzene rings is 3. The van der Waals surface area contributed by atoms with Gasteiger partial charge in [-0.05, 0) is 62.4 Å². The Bertz CT molecular complexity index is 1380. The van der Waals surface area contributed by atoms with Crippen LogP contribution in [0.15, 0.2) is 88.3 Å². The minimum absolute atomic E-state index is 0.0155. The van der Waals surface area contributed by atoms with Crippen molar-refractivity contribution in [3.63, 3.8) is 0 Å². The Morgan fingerprint density at radius 2 is 1.58 bits per heavy atom. The summed E-state index contributed by atoms with van der Waals surface area (Å²) >= 11 is 0. The molecule has 3 aromatic carbocycles. The third-order valence-electron chi connectivity index (χ3n) is 4.91. The maximum atomic E-state index is 12.8. The minimum atomic E-state index is -3.88. The number of sulfonamides is 1. The highest BCUT2D eigenvalue weighted by Crippen LogP contribution is 2.26. The first-order valence-corrected chi connectivity index (χ1v) is 11.5. The smallest absolute Gasteiger partial charge is 0.264 e. The molecule has 0 aliphatic rings. The number of hydrogen-bond acceptors (Lipinski definition) is 6. The fourth-order valence-electron chi connectivity index (χ4n) is 2.97. The molecule has 0 radical (unpaired) electrons. The summed E-state index contributed by atoms with van der Waals surface area (Å²) in [5, 5.41) is 6.51. The second-order valence-corrected chi connectivity index (χ2v) is 8.90. The maximum absolute atomic E-state index is 12.8. The van der Waals surface area contributed by atoms with Crippen LogP contribution < -0.4 is 14.8 Å². The molecule has 8 nitrogen and oxygen atoms in total. The van der Waals surface area contributed by atoms with Gasteiger partial charge in [0, 0.05) is 11.3 Å². The Morgan fingerprint density at radius 1 is 0.909 bits per heavy atom. The Balaban J connectivity index is 1.48. The number of nitrogens with zero attached hydrogens (tertiary/aromatic N) is 1. The zero-order valence-corrected chi connectivity index (χ0v) is 18.7. The highest BCUT2D eigenvalue weighted by Gasteiger charge is 2.19. The van der Waals surface area contributed by atoms with Crippen LogP contribution in [-0.4, -0.2) is 19.5 Å². The number of hydrogen-bond donors (Lipinski definition) is 2. The fraction of sp³-hybridized carbons (Fsp3) is 0.0833. The van der Waals surface area contributed by atoms with Crippen molar-refractivity contribution in [1.29, 1.82) is 0 Å². The van der Waals surface area contributed by atoms with Gasteiger partial charge in [-0.15, -0.1) is 0 Å². The lowest BCUT2D eigenvalue weighted by atomic mass is 10.2. The Labute approximate surface area is 191 Å². The van der Waals surface area contributed by atoms with Crippen LogP contribution in [0.1, 0.15) is 21.6 Å². The summed E-state index contributed by atoms with van der Waals surface area (Å²) in [4.78, 5) is 12.9. The topological polar surface area (TPSA) is 111 Å². The van der Waals surface area contributed by atoms with E-state index in [2.05, 4.69) is 15.2 Å². The lowest BCUT2D eigenvalue weighted by Gasteiger charge is -2.12. The molecule has 33 heavy (non-hydrogen) atoms. The summed E-state index contributed by atoms with van der Waals surface area (Å²) in [6.45, 7) is 3.43. The van der Waals surface area contributed by atoms with Crippen molar-refractivity contribution in [2.75, 3.05) is 10.0 Å². The van der Waals surface area contributed by atoms with Gasteiger partial charge in [0.2, 0.25) is 5.88 Å². The predicted molar refractivity (Wildman–Crippen MR) is 124 cm³/mol. The molecule has 1 heterocycles. The summed E-state index contributed by atoms with van der Waals surface area (Å²) in [5.74, 6) is 0.697. The lowest BCUT2D eigenvalue weighted by Crippen LogP contribution is -2.15. The molecule has 4 rings (SSSR count). The highest BCUT2D eigenvalue weighted by atomic mass is 32.2. The lowest BCUT2D eigenvalue weighted by molar-refractivity contribution is 0.102. The molecule has 0 aliphatic carbocycles. The van der Waals surface area contributed by atoms with Crippen LogP contribution in [0.5, 0.6) is 11.5 Å². The Morgan fingerprint density at radius 3 is 2.24 bits per heavy atom. The van der Waals surface area contributed by atoms with Crippen molar-refractivity contribution in [2.45, 2.75) is 18.7 Å². The number of aryl methyl sites for hydroxylation is 1. The van der Waals surface area contributed by atoms with Gasteiger partial charge in [0.15, 0.2) is 0 Å². The number of nitrogens with one attached hydrogen (secondary N) is 2. The summed E-state index contributed by atoms with van der Waals surface area (Å²) in [6.07, 6.45) is 0. The number of carbonyl (C=O) groups is 1. The molecule has 2 N–H and O–H groups in total. The van der Waals surface area contributed by atoms with Gasteiger partial charge in [-0.3, -0.25) is 4.79 Å². The molecule has 168 valence electrons. The van der Waals surface area contributed by atoms with Crippen molar-refractivity contribution < 1.29 is 22.5 Å². The van der Waals surface area contributed by atoms with Crippen LogP contribution in [0.4, 0.5) is 11.6 Å². The van der Waals surface area contributed by atoms with E-state index >= 15 is 0 Å². The first-order valence-electron chi connectivity index (χ1n) is 10.0. The monoisotopic (exact) mass is 463 g/mol. The van der Waals surface area contributed by atoms with E-state index in [1.54, 1.807) is 50.2 Å². The molecule has 0 saturated carbocycles. The number of amides is 1. The molecule has 0 unspecified atom stereocenters. The molecule has 4 aromatic rings. The first kappa shape index (κ1) is 22.1. The summed E-state index contributed by atoms with van der Waals surface area (Å²) in [5.41, 5.74) is 1.98. The SMILES string of the molecule is Cc1noc(NS(=O)(=O)c2ccc(NC(=O)c3ccccc3Oc3ccccc3)cc2)c1C. The molecule has 1 amide bonds. The van der Waals surface area contributed by atoms with E-state index in [1.165, 1.54) is 24.3 Å². The van der Waals surface area contributed by atoms with E-state index in [-0.39, 0.29) is 16.7 Å². The van der Waals surface area contributed by atoms with Gasteiger partial charge in [0.1, 0.15) is 11.5 Å². The summed E-state index contributed by atoms with van der Waals surface area (Å²) in [7, 11) is -3.88. The van der Waals surface area contributed by atoms with Gasteiger partial charge in [-0.25, -0.2) is 13.1 Å². The van der Waals surface area contributed by atoms with E-state index in [9.17, 15) is 13.2 Å². The minimum Gasteiger partial charge on any atom is -0.457 e. The van der Waals surface area contributed by atoms with E-state index in [4.69, 9.17) is 9.26 Å². The number of ether oxygens (including phenoxy) is 1. The maximum Gasteiger partial charge on any atom is 0.264 e. The number of para-hydroxylation sites is 2. The van der Waals surface area contributed by atoms with Crippen LogP contribution in [0.2, 0.25) is 0 Å². The van der Waals surface area contributed by atoms with E-state index in [0.29, 0.717) is 34.0 Å². The third kappa shape index (κ3) is 5.04. The molecular weight excluding hydrogens is 442 g/mol. The average molecular weight is 464 g/mol. The molecule has 0 bridgehead atoms. The van der Waals surface area contributed by atoms with Crippen molar-refractivity contribution in [3.8, 4) is 11.5 Å². The number of aromatic nitrogens is 1. The molecule has 1 aromatic heterocycles. The molecular formula is C24H21N3O5S. The first-order chi connectivity index (χ1) is 15.8.